The van der Waals surface area contributed by atoms with E-state index in [4.69, 9.17) is 14.2 Å². The molecule has 4 rings (SSSR count). The first-order valence-electron chi connectivity index (χ1n) is 11.9. The van der Waals surface area contributed by atoms with Crippen molar-refractivity contribution in [1.82, 2.24) is 9.80 Å². The zero-order valence-electron chi connectivity index (χ0n) is 20.7. The van der Waals surface area contributed by atoms with Crippen molar-refractivity contribution in [3.05, 3.63) is 81.5 Å². The number of methoxy groups -OCH3 is 1. The van der Waals surface area contributed by atoms with Crippen LogP contribution in [0.1, 0.15) is 32.8 Å². The van der Waals surface area contributed by atoms with Crippen LogP contribution in [-0.2, 0) is 28.8 Å². The van der Waals surface area contributed by atoms with Crippen molar-refractivity contribution < 1.29 is 37.0 Å². The molecule has 3 aromatic rings. The number of benzene rings is 2. The van der Waals surface area contributed by atoms with Gasteiger partial charge in [-0.05, 0) is 59.8 Å². The van der Waals surface area contributed by atoms with Crippen LogP contribution in [0.4, 0.5) is 13.2 Å². The molecule has 0 spiro atoms. The summed E-state index contributed by atoms with van der Waals surface area (Å²) >= 11 is 1.51. The normalized spacial score (nSPS) is 12.4. The van der Waals surface area contributed by atoms with Crippen molar-refractivity contribution in [3.63, 3.8) is 0 Å². The molecule has 38 heavy (non-hydrogen) atoms. The summed E-state index contributed by atoms with van der Waals surface area (Å²) in [5, 5.41) is 1.92. The van der Waals surface area contributed by atoms with Crippen molar-refractivity contribution in [1.29, 1.82) is 0 Å². The molecule has 2 amide bonds. The summed E-state index contributed by atoms with van der Waals surface area (Å²) in [6, 6.07) is 13.3. The van der Waals surface area contributed by atoms with Crippen LogP contribution in [0.2, 0.25) is 0 Å². The lowest BCUT2D eigenvalue weighted by molar-refractivity contribution is -0.137. The van der Waals surface area contributed by atoms with Gasteiger partial charge < -0.3 is 24.0 Å². The van der Waals surface area contributed by atoms with Gasteiger partial charge in [0.05, 0.1) is 12.1 Å². The zero-order chi connectivity index (χ0) is 27.1. The molecule has 0 saturated carbocycles. The van der Waals surface area contributed by atoms with E-state index in [9.17, 15) is 22.8 Å². The lowest BCUT2D eigenvalue weighted by Gasteiger charge is -2.28. The molecule has 0 atom stereocenters. The quantitative estimate of drug-likeness (QED) is 0.308. The Morgan fingerprint density at radius 1 is 1.00 bits per heavy atom. The summed E-state index contributed by atoms with van der Waals surface area (Å²) in [5.41, 5.74) is 0.0601. The molecule has 7 nitrogen and oxygen atoms in total. The number of carbonyl (C=O) groups is 2. The first-order valence-corrected chi connectivity index (χ1v) is 12.8. The number of nitrogens with zero attached hydrogens (tertiary/aromatic N) is 2. The van der Waals surface area contributed by atoms with E-state index in [0.717, 1.165) is 34.7 Å². The van der Waals surface area contributed by atoms with Gasteiger partial charge in [0, 0.05) is 37.2 Å². The number of amides is 2. The Morgan fingerprint density at radius 2 is 1.76 bits per heavy atom. The fourth-order valence-electron chi connectivity index (χ4n) is 3.98. The van der Waals surface area contributed by atoms with E-state index in [-0.39, 0.29) is 37.9 Å². The monoisotopic (exact) mass is 548 g/mol. The molecular weight excluding hydrogens is 521 g/mol. The number of halogens is 3. The minimum atomic E-state index is -4.51. The van der Waals surface area contributed by atoms with Crippen molar-refractivity contribution >= 4 is 23.2 Å². The van der Waals surface area contributed by atoms with Gasteiger partial charge in [-0.3, -0.25) is 9.59 Å². The molecule has 1 aliphatic heterocycles. The number of ether oxygens (including phenoxy) is 3. The molecule has 0 aliphatic carbocycles. The molecular formula is C27H27F3N2O5S. The topological polar surface area (TPSA) is 68.3 Å². The Kier molecular flexibility index (Phi) is 8.90. The molecule has 0 unspecified atom stereocenters. The molecule has 1 aromatic heterocycles. The maximum atomic E-state index is 13.6. The van der Waals surface area contributed by atoms with E-state index < -0.39 is 17.6 Å². The highest BCUT2D eigenvalue weighted by atomic mass is 32.1. The number of thiophene rings is 1. The Labute approximate surface area is 222 Å². The molecule has 11 heteroatoms. The number of hydrogen-bond donors (Lipinski definition) is 0. The van der Waals surface area contributed by atoms with Gasteiger partial charge in [-0.25, -0.2) is 0 Å². The molecule has 0 radical (unpaired) electrons. The van der Waals surface area contributed by atoms with Crippen LogP contribution in [0.15, 0.2) is 60.0 Å². The minimum Gasteiger partial charge on any atom is -0.454 e. The molecule has 2 heterocycles. The van der Waals surface area contributed by atoms with Crippen molar-refractivity contribution in [2.45, 2.75) is 25.7 Å². The highest BCUT2D eigenvalue weighted by molar-refractivity contribution is 7.09. The highest BCUT2D eigenvalue weighted by Crippen LogP contribution is 2.33. The zero-order valence-corrected chi connectivity index (χ0v) is 21.5. The number of fused-ring (bicyclic) bond motifs is 1. The first-order chi connectivity index (χ1) is 18.2. The SMILES string of the molecule is COCCCN(CC(=O)N(Cc1ccc2c(c1)OCO2)Cc1cccs1)C(=O)c1ccc(C(F)(F)F)cc1. The van der Waals surface area contributed by atoms with E-state index in [2.05, 4.69) is 0 Å². The molecule has 0 bridgehead atoms. The second kappa shape index (κ2) is 12.3. The average molecular weight is 549 g/mol. The summed E-state index contributed by atoms with van der Waals surface area (Å²) in [6.07, 6.45) is -4.05. The number of carbonyl (C=O) groups excluding carboxylic acids is 2. The van der Waals surface area contributed by atoms with Gasteiger partial charge in [0.15, 0.2) is 11.5 Å². The summed E-state index contributed by atoms with van der Waals surface area (Å²) in [6.45, 7) is 1.08. The van der Waals surface area contributed by atoms with Crippen LogP contribution in [0.25, 0.3) is 0 Å². The molecule has 1 aliphatic rings. The van der Waals surface area contributed by atoms with Gasteiger partial charge in [-0.15, -0.1) is 11.3 Å². The molecule has 202 valence electrons. The van der Waals surface area contributed by atoms with Crippen molar-refractivity contribution in [2.75, 3.05) is 33.6 Å². The maximum absolute atomic E-state index is 13.6. The minimum absolute atomic E-state index is 0.0730. The van der Waals surface area contributed by atoms with Gasteiger partial charge in [0.1, 0.15) is 6.54 Å². The predicted octanol–water partition coefficient (Wildman–Crippen LogP) is 5.20. The van der Waals surface area contributed by atoms with E-state index >= 15 is 0 Å². The van der Waals surface area contributed by atoms with Gasteiger partial charge >= 0.3 is 6.18 Å². The highest BCUT2D eigenvalue weighted by Gasteiger charge is 2.31. The van der Waals surface area contributed by atoms with E-state index in [1.54, 1.807) is 11.0 Å². The Bertz CT molecular complexity index is 1230. The third-order valence-corrected chi connectivity index (χ3v) is 6.80. The van der Waals surface area contributed by atoms with Gasteiger partial charge in [0.2, 0.25) is 12.7 Å². The molecule has 0 N–H and O–H groups in total. The van der Waals surface area contributed by atoms with Crippen molar-refractivity contribution in [2.24, 2.45) is 0 Å². The second-order valence-electron chi connectivity index (χ2n) is 8.66. The average Bonchev–Trinajstić information content (AvgIpc) is 3.59. The van der Waals surface area contributed by atoms with Crippen molar-refractivity contribution in [3.8, 4) is 11.5 Å². The standard InChI is InChI=1S/C27H27F3N2O5S/c1-35-12-3-11-31(26(34)20-6-8-21(9-7-20)27(28,29)30)17-25(33)32(16-22-4-2-13-38-22)15-19-5-10-23-24(14-19)37-18-36-23/h2,4-10,13-14H,3,11-12,15-18H2,1H3. The summed E-state index contributed by atoms with van der Waals surface area (Å²) in [7, 11) is 1.53. The van der Waals surface area contributed by atoms with Crippen LogP contribution in [0.3, 0.4) is 0 Å². The van der Waals surface area contributed by atoms with E-state index in [1.165, 1.54) is 23.3 Å². The fourth-order valence-corrected chi connectivity index (χ4v) is 4.70. The van der Waals surface area contributed by atoms with Crippen LogP contribution >= 0.6 is 11.3 Å². The van der Waals surface area contributed by atoms with Crippen LogP contribution in [-0.4, -0.2) is 55.2 Å². The summed E-state index contributed by atoms with van der Waals surface area (Å²) < 4.78 is 54.9. The third kappa shape index (κ3) is 7.05. The Balaban J connectivity index is 1.53. The maximum Gasteiger partial charge on any atom is 0.416 e. The number of alkyl halides is 3. The van der Waals surface area contributed by atoms with Gasteiger partial charge in [-0.2, -0.15) is 13.2 Å². The van der Waals surface area contributed by atoms with Gasteiger partial charge in [0.25, 0.3) is 5.91 Å². The molecule has 2 aromatic carbocycles. The van der Waals surface area contributed by atoms with Crippen LogP contribution in [0, 0.1) is 0 Å². The van der Waals surface area contributed by atoms with E-state index in [1.807, 2.05) is 29.6 Å². The molecule has 0 saturated heterocycles. The largest absolute Gasteiger partial charge is 0.454 e. The second-order valence-corrected chi connectivity index (χ2v) is 9.70. The first kappa shape index (κ1) is 27.5. The van der Waals surface area contributed by atoms with Crippen LogP contribution < -0.4 is 9.47 Å². The summed E-state index contributed by atoms with van der Waals surface area (Å²) in [4.78, 5) is 30.8. The predicted molar refractivity (Wildman–Crippen MR) is 135 cm³/mol. The number of rotatable bonds is 11. The summed E-state index contributed by atoms with van der Waals surface area (Å²) in [5.74, 6) is 0.414. The fraction of sp³-hybridized carbons (Fsp3) is 0.333. The van der Waals surface area contributed by atoms with Crippen LogP contribution in [0.5, 0.6) is 11.5 Å². The van der Waals surface area contributed by atoms with E-state index in [0.29, 0.717) is 31.1 Å². The third-order valence-electron chi connectivity index (χ3n) is 5.94. The lowest BCUT2D eigenvalue weighted by Crippen LogP contribution is -2.43. The van der Waals surface area contributed by atoms with Gasteiger partial charge in [-0.1, -0.05) is 12.1 Å². The lowest BCUT2D eigenvalue weighted by atomic mass is 10.1. The Morgan fingerprint density at radius 3 is 2.45 bits per heavy atom. The molecule has 0 fully saturated rings. The Hall–Kier alpha value is -3.57. The number of hydrogen-bond acceptors (Lipinski definition) is 6. The smallest absolute Gasteiger partial charge is 0.416 e.